The highest BCUT2D eigenvalue weighted by Crippen LogP contribution is 2.31. The maximum absolute atomic E-state index is 11.8. The Labute approximate surface area is 107 Å². The van der Waals surface area contributed by atoms with Gasteiger partial charge in [0.15, 0.2) is 5.78 Å². The topological polar surface area (TPSA) is 55.4 Å². The third-order valence-electron chi connectivity index (χ3n) is 2.85. The minimum Gasteiger partial charge on any atom is -0.444 e. The molecule has 4 nitrogen and oxygen atoms in total. The van der Waals surface area contributed by atoms with Gasteiger partial charge in [-0.2, -0.15) is 0 Å². The molecule has 1 fully saturated rings. The Balaban J connectivity index is 2.68. The van der Waals surface area contributed by atoms with Gasteiger partial charge in [0.2, 0.25) is 0 Å². The molecule has 1 rings (SSSR count). The van der Waals surface area contributed by atoms with Crippen LogP contribution in [-0.4, -0.2) is 28.9 Å². The highest BCUT2D eigenvalue weighted by atomic mass is 35.5. The summed E-state index contributed by atoms with van der Waals surface area (Å²) in [6, 6.07) is 0. The molecule has 0 bridgehead atoms. The third kappa shape index (κ3) is 3.87. The zero-order valence-corrected chi connectivity index (χ0v) is 11.4. The second-order valence-electron chi connectivity index (χ2n) is 5.47. The maximum atomic E-state index is 11.8. The van der Waals surface area contributed by atoms with Gasteiger partial charge < -0.3 is 10.1 Å². The predicted molar refractivity (Wildman–Crippen MR) is 66.3 cm³/mol. The molecule has 98 valence electrons. The van der Waals surface area contributed by atoms with Crippen LogP contribution in [0.15, 0.2) is 0 Å². The van der Waals surface area contributed by atoms with Crippen molar-refractivity contribution in [2.24, 2.45) is 0 Å². The van der Waals surface area contributed by atoms with Crippen LogP contribution in [-0.2, 0) is 9.53 Å². The lowest BCUT2D eigenvalue weighted by atomic mass is 9.93. The fourth-order valence-corrected chi connectivity index (χ4v) is 2.33. The van der Waals surface area contributed by atoms with Gasteiger partial charge in [-0.05, 0) is 33.6 Å². The predicted octanol–water partition coefficient (Wildman–Crippen LogP) is 2.63. The number of carbonyl (C=O) groups excluding carboxylic acids is 2. The van der Waals surface area contributed by atoms with Crippen LogP contribution in [0, 0.1) is 0 Å². The first kappa shape index (κ1) is 14.3. The van der Waals surface area contributed by atoms with Crippen molar-refractivity contribution in [3.63, 3.8) is 0 Å². The fraction of sp³-hybridized carbons (Fsp3) is 0.833. The van der Waals surface area contributed by atoms with Crippen LogP contribution in [0.2, 0.25) is 0 Å². The molecular weight excluding hydrogens is 242 g/mol. The largest absolute Gasteiger partial charge is 0.444 e. The van der Waals surface area contributed by atoms with Crippen molar-refractivity contribution in [2.45, 2.75) is 57.6 Å². The number of halogens is 1. The van der Waals surface area contributed by atoms with Crippen LogP contribution >= 0.6 is 11.6 Å². The molecule has 0 aromatic carbocycles. The average Bonchev–Trinajstić information content (AvgIpc) is 2.63. The first-order valence-corrected chi connectivity index (χ1v) is 6.43. The second-order valence-corrected chi connectivity index (χ2v) is 5.74. The van der Waals surface area contributed by atoms with E-state index in [0.29, 0.717) is 12.8 Å². The lowest BCUT2D eigenvalue weighted by Crippen LogP contribution is -2.54. The van der Waals surface area contributed by atoms with E-state index in [-0.39, 0.29) is 11.7 Å². The van der Waals surface area contributed by atoms with Crippen molar-refractivity contribution in [3.8, 4) is 0 Å². The number of Topliss-reactive ketones (excluding diaryl/α,β-unsaturated/α-hetero) is 1. The van der Waals surface area contributed by atoms with Crippen LogP contribution < -0.4 is 5.32 Å². The molecule has 1 aliphatic carbocycles. The van der Waals surface area contributed by atoms with Gasteiger partial charge in [-0.1, -0.05) is 12.8 Å². The fourth-order valence-electron chi connectivity index (χ4n) is 2.08. The number of carbonyl (C=O) groups is 2. The zero-order valence-electron chi connectivity index (χ0n) is 10.6. The van der Waals surface area contributed by atoms with E-state index < -0.39 is 17.2 Å². The van der Waals surface area contributed by atoms with Gasteiger partial charge >= 0.3 is 6.09 Å². The molecule has 5 heteroatoms. The van der Waals surface area contributed by atoms with E-state index in [1.807, 2.05) is 0 Å². The van der Waals surface area contributed by atoms with Gasteiger partial charge in [-0.3, -0.25) is 4.79 Å². The van der Waals surface area contributed by atoms with Crippen LogP contribution in [0.5, 0.6) is 0 Å². The maximum Gasteiger partial charge on any atom is 0.408 e. The Morgan fingerprint density at radius 3 is 2.24 bits per heavy atom. The van der Waals surface area contributed by atoms with E-state index in [0.717, 1.165) is 12.8 Å². The summed E-state index contributed by atoms with van der Waals surface area (Å²) >= 11 is 5.60. The summed E-state index contributed by atoms with van der Waals surface area (Å²) in [6.07, 6.45) is 2.62. The van der Waals surface area contributed by atoms with Crippen LogP contribution in [0.25, 0.3) is 0 Å². The molecule has 0 unspecified atom stereocenters. The lowest BCUT2D eigenvalue weighted by molar-refractivity contribution is -0.122. The molecule has 0 saturated heterocycles. The van der Waals surface area contributed by atoms with Crippen molar-refractivity contribution in [1.29, 1.82) is 0 Å². The van der Waals surface area contributed by atoms with Gasteiger partial charge in [0.1, 0.15) is 11.1 Å². The Kier molecular flexibility index (Phi) is 4.42. The van der Waals surface area contributed by atoms with Gasteiger partial charge in [0.25, 0.3) is 0 Å². The average molecular weight is 262 g/mol. The molecule has 0 aromatic rings. The Hall–Kier alpha value is -0.770. The van der Waals surface area contributed by atoms with E-state index >= 15 is 0 Å². The molecule has 0 spiro atoms. The quantitative estimate of drug-likeness (QED) is 0.795. The van der Waals surface area contributed by atoms with Gasteiger partial charge in [0.05, 0.1) is 5.88 Å². The normalized spacial score (nSPS) is 18.8. The van der Waals surface area contributed by atoms with Crippen LogP contribution in [0.3, 0.4) is 0 Å². The summed E-state index contributed by atoms with van der Waals surface area (Å²) in [6.45, 7) is 5.37. The summed E-state index contributed by atoms with van der Waals surface area (Å²) in [4.78, 5) is 23.5. The zero-order chi connectivity index (χ0) is 13.1. The lowest BCUT2D eigenvalue weighted by Gasteiger charge is -2.29. The van der Waals surface area contributed by atoms with Gasteiger partial charge in [0, 0.05) is 0 Å². The number of hydrogen-bond donors (Lipinski definition) is 1. The molecule has 17 heavy (non-hydrogen) atoms. The first-order chi connectivity index (χ1) is 7.79. The Morgan fingerprint density at radius 1 is 1.29 bits per heavy atom. The third-order valence-corrected chi connectivity index (χ3v) is 3.10. The van der Waals surface area contributed by atoms with Crippen molar-refractivity contribution in [3.05, 3.63) is 0 Å². The van der Waals surface area contributed by atoms with E-state index in [1.54, 1.807) is 20.8 Å². The molecule has 0 heterocycles. The highest BCUT2D eigenvalue weighted by Gasteiger charge is 2.42. The van der Waals surface area contributed by atoms with Gasteiger partial charge in [-0.15, -0.1) is 11.6 Å². The Morgan fingerprint density at radius 2 is 1.82 bits per heavy atom. The van der Waals surface area contributed by atoms with Crippen molar-refractivity contribution in [2.75, 3.05) is 5.88 Å². The van der Waals surface area contributed by atoms with Crippen molar-refractivity contribution >= 4 is 23.5 Å². The smallest absolute Gasteiger partial charge is 0.408 e. The summed E-state index contributed by atoms with van der Waals surface area (Å²) in [7, 11) is 0. The van der Waals surface area contributed by atoms with Crippen molar-refractivity contribution in [1.82, 2.24) is 5.32 Å². The number of alkyl carbamates (subject to hydrolysis) is 1. The van der Waals surface area contributed by atoms with E-state index in [9.17, 15) is 9.59 Å². The van der Waals surface area contributed by atoms with E-state index in [4.69, 9.17) is 16.3 Å². The summed E-state index contributed by atoms with van der Waals surface area (Å²) in [5.41, 5.74) is -1.36. The van der Waals surface area contributed by atoms with Crippen molar-refractivity contribution < 1.29 is 14.3 Å². The highest BCUT2D eigenvalue weighted by molar-refractivity contribution is 6.29. The molecule has 0 atom stereocenters. The molecule has 1 amide bonds. The molecule has 1 aliphatic rings. The number of nitrogens with one attached hydrogen (secondary N) is 1. The second kappa shape index (κ2) is 5.25. The number of amides is 1. The minimum atomic E-state index is -0.802. The summed E-state index contributed by atoms with van der Waals surface area (Å²) < 4.78 is 5.17. The number of ketones is 1. The van der Waals surface area contributed by atoms with Crippen LogP contribution in [0.1, 0.15) is 46.5 Å². The number of ether oxygens (including phenoxy) is 1. The summed E-state index contributed by atoms with van der Waals surface area (Å²) in [5.74, 6) is -0.196. The van der Waals surface area contributed by atoms with E-state index in [1.165, 1.54) is 0 Å². The van der Waals surface area contributed by atoms with E-state index in [2.05, 4.69) is 5.32 Å². The standard InChI is InChI=1S/C12H20ClNO3/c1-11(2,3)17-10(16)14-12(9(15)8-13)6-4-5-7-12/h4-8H2,1-3H3,(H,14,16). The minimum absolute atomic E-state index is 0.0736. The summed E-state index contributed by atoms with van der Waals surface area (Å²) in [5, 5.41) is 2.70. The SMILES string of the molecule is CC(C)(C)OC(=O)NC1(C(=O)CCl)CCCC1. The first-order valence-electron chi connectivity index (χ1n) is 5.89. The molecule has 0 radical (unpaired) electrons. The number of alkyl halides is 1. The number of hydrogen-bond acceptors (Lipinski definition) is 3. The number of rotatable bonds is 3. The molecular formula is C12H20ClNO3. The molecule has 0 aliphatic heterocycles. The Bertz CT molecular complexity index is 303. The molecule has 1 N–H and O–H groups in total. The monoisotopic (exact) mass is 261 g/mol. The van der Waals surface area contributed by atoms with Gasteiger partial charge in [-0.25, -0.2) is 4.79 Å². The molecule has 0 aromatic heterocycles. The molecule has 1 saturated carbocycles. The van der Waals surface area contributed by atoms with Crippen LogP contribution in [0.4, 0.5) is 4.79 Å².